The predicted molar refractivity (Wildman–Crippen MR) is 92.3 cm³/mol. The summed E-state index contributed by atoms with van der Waals surface area (Å²) in [6.07, 6.45) is 2.54. The summed E-state index contributed by atoms with van der Waals surface area (Å²) in [6.45, 7) is 1.75. The van der Waals surface area contributed by atoms with Crippen LogP contribution in [0.5, 0.6) is 0 Å². The van der Waals surface area contributed by atoms with Crippen LogP contribution in [-0.2, 0) is 14.6 Å². The quantitative estimate of drug-likeness (QED) is 0.664. The Morgan fingerprint density at radius 1 is 1.23 bits per heavy atom. The van der Waals surface area contributed by atoms with E-state index in [-0.39, 0.29) is 28.7 Å². The van der Waals surface area contributed by atoms with Gasteiger partial charge < -0.3 is 15.1 Å². The summed E-state index contributed by atoms with van der Waals surface area (Å²) in [5, 5.41) is 2.69. The maximum Gasteiger partial charge on any atom is 0.272 e. The summed E-state index contributed by atoms with van der Waals surface area (Å²) in [6, 6.07) is 2.49. The number of hydrogen-bond acceptors (Lipinski definition) is 6. The van der Waals surface area contributed by atoms with Gasteiger partial charge in [0.2, 0.25) is 6.41 Å². The van der Waals surface area contributed by atoms with E-state index in [1.807, 2.05) is 0 Å². The monoisotopic (exact) mass is 380 g/mol. The summed E-state index contributed by atoms with van der Waals surface area (Å²) in [4.78, 5) is 42.8. The van der Waals surface area contributed by atoms with Crippen LogP contribution in [0.3, 0.4) is 0 Å². The lowest BCUT2D eigenvalue weighted by molar-refractivity contribution is -0.119. The number of carbonyl (C=O) groups excluding carboxylic acids is 3. The van der Waals surface area contributed by atoms with Crippen molar-refractivity contribution in [2.75, 3.05) is 37.7 Å². The Labute approximate surface area is 151 Å². The molecule has 1 N–H and O–H groups in total. The maximum absolute atomic E-state index is 12.5. The first kappa shape index (κ1) is 18.3. The van der Waals surface area contributed by atoms with Crippen molar-refractivity contribution >= 4 is 28.1 Å². The third-order valence-corrected chi connectivity index (χ3v) is 6.33. The highest BCUT2D eigenvalue weighted by Crippen LogP contribution is 2.13. The van der Waals surface area contributed by atoms with Crippen LogP contribution in [0.4, 0.5) is 0 Å². The molecular weight excluding hydrogens is 360 g/mol. The molecule has 2 saturated heterocycles. The topological polar surface area (TPSA) is 117 Å². The number of nitrogens with one attached hydrogen (secondary N) is 1. The Kier molecular flexibility index (Phi) is 5.21. The largest absolute Gasteiger partial charge is 0.348 e. The van der Waals surface area contributed by atoms with Crippen LogP contribution in [0, 0.1) is 0 Å². The molecule has 3 rings (SSSR count). The van der Waals surface area contributed by atoms with E-state index in [4.69, 9.17) is 0 Å². The Morgan fingerprint density at radius 3 is 2.58 bits per heavy atom. The number of sulfone groups is 1. The first-order chi connectivity index (χ1) is 12.4. The molecule has 2 fully saturated rings. The van der Waals surface area contributed by atoms with Crippen LogP contribution >= 0.6 is 0 Å². The van der Waals surface area contributed by atoms with E-state index >= 15 is 0 Å². The zero-order valence-corrected chi connectivity index (χ0v) is 14.9. The average Bonchev–Trinajstić information content (AvgIpc) is 2.99. The van der Waals surface area contributed by atoms with Crippen molar-refractivity contribution in [1.82, 2.24) is 20.1 Å². The lowest BCUT2D eigenvalue weighted by Gasteiger charge is -2.32. The summed E-state index contributed by atoms with van der Waals surface area (Å²) >= 11 is 0. The molecule has 3 heterocycles. The average molecular weight is 380 g/mol. The third-order valence-electron chi connectivity index (χ3n) is 4.56. The predicted octanol–water partition coefficient (Wildman–Crippen LogP) is -1.09. The second-order valence-corrected chi connectivity index (χ2v) is 8.67. The lowest BCUT2D eigenvalue weighted by Crippen LogP contribution is -2.48. The van der Waals surface area contributed by atoms with Crippen molar-refractivity contribution in [1.29, 1.82) is 0 Å². The number of amides is 3. The van der Waals surface area contributed by atoms with Crippen LogP contribution < -0.4 is 5.32 Å². The zero-order valence-electron chi connectivity index (χ0n) is 14.1. The lowest BCUT2D eigenvalue weighted by atomic mass is 10.1. The minimum absolute atomic E-state index is 0.0589. The molecule has 2 aliphatic heterocycles. The fraction of sp³-hybridized carbons (Fsp3) is 0.500. The minimum atomic E-state index is -3.08. The van der Waals surface area contributed by atoms with Gasteiger partial charge in [-0.3, -0.25) is 19.4 Å². The number of aromatic nitrogens is 1. The molecule has 26 heavy (non-hydrogen) atoms. The summed E-state index contributed by atoms with van der Waals surface area (Å²) < 4.78 is 23.0. The molecule has 0 spiro atoms. The molecule has 10 heteroatoms. The molecule has 1 aromatic rings. The SMILES string of the molecule is O=CN1CCN(C(=O)c2cc(C(=O)NC3CCS(=O)(=O)C3)ccn2)CC1. The first-order valence-corrected chi connectivity index (χ1v) is 10.2. The van der Waals surface area contributed by atoms with Crippen LogP contribution in [-0.4, -0.2) is 85.2 Å². The van der Waals surface area contributed by atoms with E-state index in [1.54, 1.807) is 9.80 Å². The highest BCUT2D eigenvalue weighted by Gasteiger charge is 2.29. The van der Waals surface area contributed by atoms with Crippen molar-refractivity contribution in [2.45, 2.75) is 12.5 Å². The fourth-order valence-electron chi connectivity index (χ4n) is 3.06. The normalized spacial score (nSPS) is 22.1. The van der Waals surface area contributed by atoms with E-state index in [0.29, 0.717) is 32.6 Å². The van der Waals surface area contributed by atoms with Gasteiger partial charge in [0.15, 0.2) is 9.84 Å². The molecule has 3 amide bonds. The number of carbonyl (C=O) groups is 3. The van der Waals surface area contributed by atoms with E-state index in [1.165, 1.54) is 18.3 Å². The van der Waals surface area contributed by atoms with Gasteiger partial charge in [0.1, 0.15) is 5.69 Å². The zero-order chi connectivity index (χ0) is 18.7. The van der Waals surface area contributed by atoms with Gasteiger partial charge in [0, 0.05) is 44.0 Å². The molecule has 0 radical (unpaired) electrons. The van der Waals surface area contributed by atoms with Gasteiger partial charge in [0.25, 0.3) is 11.8 Å². The van der Waals surface area contributed by atoms with Gasteiger partial charge in [0.05, 0.1) is 11.5 Å². The molecule has 2 aliphatic rings. The first-order valence-electron chi connectivity index (χ1n) is 8.34. The van der Waals surface area contributed by atoms with Crippen LogP contribution in [0.1, 0.15) is 27.3 Å². The van der Waals surface area contributed by atoms with Gasteiger partial charge in [-0.1, -0.05) is 0 Å². The molecule has 1 unspecified atom stereocenters. The second-order valence-electron chi connectivity index (χ2n) is 6.44. The highest BCUT2D eigenvalue weighted by atomic mass is 32.2. The molecule has 0 aliphatic carbocycles. The van der Waals surface area contributed by atoms with Gasteiger partial charge in [-0.15, -0.1) is 0 Å². The van der Waals surface area contributed by atoms with Crippen LogP contribution in [0.25, 0.3) is 0 Å². The smallest absolute Gasteiger partial charge is 0.272 e. The standard InChI is InChI=1S/C16H20N4O5S/c21-11-19-4-6-20(7-5-19)16(23)14-9-12(1-3-17-14)15(22)18-13-2-8-26(24,25)10-13/h1,3,9,11,13H,2,4-8,10H2,(H,18,22). The van der Waals surface area contributed by atoms with E-state index in [0.717, 1.165) is 6.41 Å². The molecule has 9 nitrogen and oxygen atoms in total. The second kappa shape index (κ2) is 7.40. The number of hydrogen-bond donors (Lipinski definition) is 1. The number of nitrogens with zero attached hydrogens (tertiary/aromatic N) is 3. The van der Waals surface area contributed by atoms with Crippen LogP contribution in [0.15, 0.2) is 18.3 Å². The van der Waals surface area contributed by atoms with Crippen molar-refractivity contribution in [3.63, 3.8) is 0 Å². The number of piperazine rings is 1. The van der Waals surface area contributed by atoms with Crippen molar-refractivity contribution in [2.24, 2.45) is 0 Å². The third kappa shape index (κ3) is 4.18. The minimum Gasteiger partial charge on any atom is -0.348 e. The summed E-state index contributed by atoms with van der Waals surface area (Å²) in [7, 11) is -3.08. The molecule has 0 aromatic carbocycles. The number of pyridine rings is 1. The van der Waals surface area contributed by atoms with Crippen molar-refractivity contribution < 1.29 is 22.8 Å². The van der Waals surface area contributed by atoms with Crippen molar-refractivity contribution in [3.05, 3.63) is 29.6 Å². The Hall–Kier alpha value is -2.49. The Bertz CT molecular complexity index is 818. The fourth-order valence-corrected chi connectivity index (χ4v) is 4.73. The molecule has 140 valence electrons. The Morgan fingerprint density at radius 2 is 1.96 bits per heavy atom. The van der Waals surface area contributed by atoms with Crippen LogP contribution in [0.2, 0.25) is 0 Å². The van der Waals surface area contributed by atoms with Gasteiger partial charge in [-0.25, -0.2) is 8.42 Å². The van der Waals surface area contributed by atoms with Gasteiger partial charge in [-0.2, -0.15) is 0 Å². The Balaban J connectivity index is 1.65. The number of rotatable bonds is 4. The maximum atomic E-state index is 12.5. The van der Waals surface area contributed by atoms with E-state index in [2.05, 4.69) is 10.3 Å². The molecule has 1 aromatic heterocycles. The summed E-state index contributed by atoms with van der Waals surface area (Å²) in [5.41, 5.74) is 0.412. The van der Waals surface area contributed by atoms with Gasteiger partial charge >= 0.3 is 0 Å². The molecular formula is C16H20N4O5S. The van der Waals surface area contributed by atoms with Gasteiger partial charge in [-0.05, 0) is 18.6 Å². The van der Waals surface area contributed by atoms with Crippen molar-refractivity contribution in [3.8, 4) is 0 Å². The molecule has 1 atom stereocenters. The summed E-state index contributed by atoms with van der Waals surface area (Å²) in [5.74, 6) is -0.704. The van der Waals surface area contributed by atoms with E-state index < -0.39 is 21.8 Å². The van der Waals surface area contributed by atoms with E-state index in [9.17, 15) is 22.8 Å². The molecule has 0 bridgehead atoms. The highest BCUT2D eigenvalue weighted by molar-refractivity contribution is 7.91. The molecule has 0 saturated carbocycles.